The molecule has 5 nitrogen and oxygen atoms in total. The first-order valence-electron chi connectivity index (χ1n) is 13.3. The first-order chi connectivity index (χ1) is 18.3. The molecule has 0 saturated carbocycles. The van der Waals surface area contributed by atoms with E-state index >= 15 is 0 Å². The van der Waals surface area contributed by atoms with Gasteiger partial charge in [-0.25, -0.2) is 4.98 Å². The highest BCUT2D eigenvalue weighted by Gasteiger charge is 2.34. The number of benzene rings is 3. The van der Waals surface area contributed by atoms with Gasteiger partial charge in [-0.1, -0.05) is 74.0 Å². The van der Waals surface area contributed by atoms with Gasteiger partial charge < -0.3 is 4.90 Å². The van der Waals surface area contributed by atoms with Gasteiger partial charge >= 0.3 is 0 Å². The smallest absolute Gasteiger partial charge is 0.157 e. The number of anilines is 1. The Labute approximate surface area is 217 Å². The monoisotopic (exact) mass is 483 g/mol. The standard InChI is InChI=1S/C32H29N5/c1-2-9-22-20-30(37-29-15-8-7-14-28(29)34-32(37)27(22)21-33)35-16-18-36(19-17-35)31-25-12-5-3-10-23(25)24-11-4-6-13-26(24)31/h3-8,10-15,20,31H,2,9,16-19H2,1H3. The Balaban J connectivity index is 1.27. The summed E-state index contributed by atoms with van der Waals surface area (Å²) in [5, 5.41) is 10.1. The quantitative estimate of drug-likeness (QED) is 0.305. The molecule has 5 aromatic rings. The van der Waals surface area contributed by atoms with Gasteiger partial charge in [-0.3, -0.25) is 9.30 Å². The third-order valence-corrected chi connectivity index (χ3v) is 8.07. The van der Waals surface area contributed by atoms with Crippen LogP contribution in [0.5, 0.6) is 0 Å². The van der Waals surface area contributed by atoms with Gasteiger partial charge in [-0.2, -0.15) is 5.26 Å². The summed E-state index contributed by atoms with van der Waals surface area (Å²) in [5.74, 6) is 1.15. The molecule has 5 heteroatoms. The highest BCUT2D eigenvalue weighted by molar-refractivity contribution is 5.85. The Morgan fingerprint density at radius 3 is 2.19 bits per heavy atom. The zero-order valence-electron chi connectivity index (χ0n) is 21.1. The third kappa shape index (κ3) is 3.37. The Morgan fingerprint density at radius 2 is 1.51 bits per heavy atom. The van der Waals surface area contributed by atoms with Gasteiger partial charge in [0.05, 0.1) is 22.6 Å². The fourth-order valence-electron chi connectivity index (χ4n) is 6.41. The van der Waals surface area contributed by atoms with Crippen molar-refractivity contribution in [2.75, 3.05) is 31.1 Å². The number of hydrogen-bond acceptors (Lipinski definition) is 4. The number of fused-ring (bicyclic) bond motifs is 6. The number of para-hydroxylation sites is 2. The number of rotatable bonds is 4. The average Bonchev–Trinajstić information content (AvgIpc) is 3.49. The van der Waals surface area contributed by atoms with E-state index in [1.807, 2.05) is 12.1 Å². The second kappa shape index (κ2) is 8.76. The predicted octanol–water partition coefficient (Wildman–Crippen LogP) is 6.20. The molecule has 182 valence electrons. The van der Waals surface area contributed by atoms with Crippen LogP contribution in [0, 0.1) is 11.3 Å². The zero-order valence-corrected chi connectivity index (χ0v) is 21.1. The van der Waals surface area contributed by atoms with Crippen LogP contribution in [0.4, 0.5) is 5.82 Å². The van der Waals surface area contributed by atoms with Crippen molar-refractivity contribution in [2.45, 2.75) is 25.8 Å². The summed E-state index contributed by atoms with van der Waals surface area (Å²) in [5.41, 5.74) is 10.2. The Hall–Kier alpha value is -4.14. The van der Waals surface area contributed by atoms with Crippen LogP contribution in [0.25, 0.3) is 27.8 Å². The largest absolute Gasteiger partial charge is 0.355 e. The van der Waals surface area contributed by atoms with Gasteiger partial charge in [0.1, 0.15) is 11.9 Å². The van der Waals surface area contributed by atoms with E-state index in [0.717, 1.165) is 67.1 Å². The van der Waals surface area contributed by atoms with Crippen LogP contribution < -0.4 is 4.90 Å². The lowest BCUT2D eigenvalue weighted by molar-refractivity contribution is 0.215. The van der Waals surface area contributed by atoms with E-state index in [0.29, 0.717) is 11.6 Å². The van der Waals surface area contributed by atoms with Crippen molar-refractivity contribution < 1.29 is 0 Å². The summed E-state index contributed by atoms with van der Waals surface area (Å²) >= 11 is 0. The molecule has 2 aliphatic rings. The van der Waals surface area contributed by atoms with Crippen LogP contribution in [0.1, 0.15) is 41.6 Å². The lowest BCUT2D eigenvalue weighted by Crippen LogP contribution is -2.48. The number of aromatic nitrogens is 2. The number of hydrogen-bond donors (Lipinski definition) is 0. The van der Waals surface area contributed by atoms with Crippen LogP contribution in [0.2, 0.25) is 0 Å². The number of nitriles is 1. The Morgan fingerprint density at radius 1 is 0.865 bits per heavy atom. The lowest BCUT2D eigenvalue weighted by Gasteiger charge is -2.40. The minimum Gasteiger partial charge on any atom is -0.355 e. The minimum absolute atomic E-state index is 0.306. The summed E-state index contributed by atoms with van der Waals surface area (Å²) in [7, 11) is 0. The molecule has 1 saturated heterocycles. The number of nitrogens with zero attached hydrogens (tertiary/aromatic N) is 5. The minimum atomic E-state index is 0.306. The molecule has 0 unspecified atom stereocenters. The van der Waals surface area contributed by atoms with Crippen molar-refractivity contribution in [3.8, 4) is 17.2 Å². The van der Waals surface area contributed by atoms with Gasteiger partial charge in [-0.15, -0.1) is 0 Å². The summed E-state index contributed by atoms with van der Waals surface area (Å²) in [4.78, 5) is 10.0. The predicted molar refractivity (Wildman–Crippen MR) is 149 cm³/mol. The number of imidazole rings is 1. The van der Waals surface area contributed by atoms with Crippen LogP contribution in [-0.2, 0) is 6.42 Å². The van der Waals surface area contributed by atoms with Crippen molar-refractivity contribution in [1.82, 2.24) is 14.3 Å². The number of aryl methyl sites for hydroxylation is 1. The lowest BCUT2D eigenvalue weighted by atomic mass is 10.0. The Bertz CT molecular complexity index is 1640. The van der Waals surface area contributed by atoms with E-state index in [1.54, 1.807) is 0 Å². The van der Waals surface area contributed by atoms with E-state index in [1.165, 1.54) is 22.3 Å². The first kappa shape index (κ1) is 22.1. The summed E-state index contributed by atoms with van der Waals surface area (Å²) in [6.45, 7) is 5.98. The maximum absolute atomic E-state index is 10.1. The third-order valence-electron chi connectivity index (χ3n) is 8.07. The highest BCUT2D eigenvalue weighted by Crippen LogP contribution is 2.46. The molecule has 1 aliphatic heterocycles. The molecular weight excluding hydrogens is 454 g/mol. The van der Waals surface area contributed by atoms with Gasteiger partial charge in [-0.05, 0) is 52.4 Å². The van der Waals surface area contributed by atoms with Crippen LogP contribution >= 0.6 is 0 Å². The molecule has 1 aliphatic carbocycles. The topological polar surface area (TPSA) is 47.6 Å². The molecule has 37 heavy (non-hydrogen) atoms. The van der Waals surface area contributed by atoms with Crippen LogP contribution in [-0.4, -0.2) is 40.5 Å². The molecule has 0 amide bonds. The van der Waals surface area contributed by atoms with E-state index in [-0.39, 0.29) is 0 Å². The summed E-state index contributed by atoms with van der Waals surface area (Å²) in [6, 6.07) is 31.0. The normalized spacial score (nSPS) is 15.7. The fraction of sp³-hybridized carbons (Fsp3) is 0.250. The van der Waals surface area contributed by atoms with Crippen LogP contribution in [0.15, 0.2) is 78.9 Å². The average molecular weight is 484 g/mol. The molecule has 0 radical (unpaired) electrons. The maximum atomic E-state index is 10.1. The molecule has 2 aromatic heterocycles. The van der Waals surface area contributed by atoms with Crippen molar-refractivity contribution in [3.63, 3.8) is 0 Å². The van der Waals surface area contributed by atoms with E-state index in [4.69, 9.17) is 4.98 Å². The number of pyridine rings is 1. The second-order valence-electron chi connectivity index (χ2n) is 10.1. The zero-order chi connectivity index (χ0) is 24.9. The van der Waals surface area contributed by atoms with Gasteiger partial charge in [0, 0.05) is 26.2 Å². The van der Waals surface area contributed by atoms with Crippen molar-refractivity contribution in [1.29, 1.82) is 5.26 Å². The molecular formula is C32H29N5. The summed E-state index contributed by atoms with van der Waals surface area (Å²) in [6.07, 6.45) is 1.88. The molecule has 0 spiro atoms. The second-order valence-corrected chi connectivity index (χ2v) is 10.1. The van der Waals surface area contributed by atoms with Crippen LogP contribution in [0.3, 0.4) is 0 Å². The molecule has 0 atom stereocenters. The molecule has 0 N–H and O–H groups in total. The summed E-state index contributed by atoms with van der Waals surface area (Å²) < 4.78 is 2.21. The Kier molecular flexibility index (Phi) is 5.23. The van der Waals surface area contributed by atoms with Crippen molar-refractivity contribution >= 4 is 22.5 Å². The first-order valence-corrected chi connectivity index (χ1v) is 13.3. The van der Waals surface area contributed by atoms with E-state index in [9.17, 15) is 5.26 Å². The van der Waals surface area contributed by atoms with E-state index < -0.39 is 0 Å². The molecule has 1 fully saturated rings. The molecule has 7 rings (SSSR count). The SMILES string of the molecule is CCCc1cc(N2CCN(C3c4ccccc4-c4ccccc43)CC2)n2c(nc3ccccc32)c1C#N. The highest BCUT2D eigenvalue weighted by atomic mass is 15.3. The van der Waals surface area contributed by atoms with E-state index in [2.05, 4.69) is 93.9 Å². The van der Waals surface area contributed by atoms with Crippen molar-refractivity contribution in [2.24, 2.45) is 0 Å². The molecule has 3 heterocycles. The number of piperazine rings is 1. The molecule has 3 aromatic carbocycles. The van der Waals surface area contributed by atoms with Gasteiger partial charge in [0.2, 0.25) is 0 Å². The van der Waals surface area contributed by atoms with Gasteiger partial charge in [0.25, 0.3) is 0 Å². The maximum Gasteiger partial charge on any atom is 0.157 e. The molecule has 0 bridgehead atoms. The van der Waals surface area contributed by atoms with Gasteiger partial charge in [0.15, 0.2) is 5.65 Å². The fourth-order valence-corrected chi connectivity index (χ4v) is 6.41. The van der Waals surface area contributed by atoms with Crippen molar-refractivity contribution in [3.05, 3.63) is 101 Å².